The Morgan fingerprint density at radius 2 is 2.60 bits per heavy atom. The van der Waals surface area contributed by atoms with Crippen LogP contribution in [-0.2, 0) is 13.1 Å². The van der Waals surface area contributed by atoms with Gasteiger partial charge in [-0.1, -0.05) is 6.58 Å². The summed E-state index contributed by atoms with van der Waals surface area (Å²) in [5.74, 6) is 0. The minimum absolute atomic E-state index is 0.929. The largest absolute Gasteiger partial charge is 0.368 e. The van der Waals surface area contributed by atoms with Gasteiger partial charge < -0.3 is 4.90 Å². The summed E-state index contributed by atoms with van der Waals surface area (Å²) >= 11 is 0. The number of hydrogen-bond acceptors (Lipinski definition) is 2. The van der Waals surface area contributed by atoms with E-state index < -0.39 is 0 Å². The predicted molar refractivity (Wildman–Crippen MR) is 38.0 cm³/mol. The number of nitrogens with zero attached hydrogens (tertiary/aromatic N) is 2. The maximum absolute atomic E-state index is 3.93. The Morgan fingerprint density at radius 1 is 1.70 bits per heavy atom. The highest BCUT2D eigenvalue weighted by molar-refractivity contribution is 5.21. The zero-order valence-corrected chi connectivity index (χ0v) is 5.67. The highest BCUT2D eigenvalue weighted by Gasteiger charge is 2.16. The zero-order valence-electron chi connectivity index (χ0n) is 5.67. The van der Waals surface area contributed by atoms with Gasteiger partial charge in [-0.25, -0.2) is 0 Å². The van der Waals surface area contributed by atoms with Crippen LogP contribution in [-0.4, -0.2) is 15.1 Å². The van der Waals surface area contributed by atoms with E-state index in [0.29, 0.717) is 0 Å². The molecule has 1 aliphatic heterocycles. The van der Waals surface area contributed by atoms with Crippen LogP contribution in [0.25, 0.3) is 0 Å². The van der Waals surface area contributed by atoms with Crippen molar-refractivity contribution in [2.24, 2.45) is 0 Å². The van der Waals surface area contributed by atoms with Crippen molar-refractivity contribution in [3.63, 3.8) is 0 Å². The number of nitrogens with one attached hydrogen (secondary N) is 1. The van der Waals surface area contributed by atoms with Crippen molar-refractivity contribution in [1.29, 1.82) is 0 Å². The molecular formula is C7H9N3. The molecule has 0 bridgehead atoms. The average molecular weight is 135 g/mol. The van der Waals surface area contributed by atoms with Crippen LogP contribution in [0.2, 0.25) is 0 Å². The molecule has 1 aromatic heterocycles. The van der Waals surface area contributed by atoms with Gasteiger partial charge in [0.15, 0.2) is 0 Å². The first-order valence-corrected chi connectivity index (χ1v) is 3.28. The second kappa shape index (κ2) is 1.87. The first-order chi connectivity index (χ1) is 4.90. The van der Waals surface area contributed by atoms with Gasteiger partial charge in [-0.05, 0) is 6.20 Å². The van der Waals surface area contributed by atoms with Gasteiger partial charge >= 0.3 is 0 Å². The first kappa shape index (κ1) is 5.53. The second-order valence-corrected chi connectivity index (χ2v) is 2.46. The van der Waals surface area contributed by atoms with Gasteiger partial charge in [0.25, 0.3) is 0 Å². The highest BCUT2D eigenvalue weighted by atomic mass is 15.2. The Morgan fingerprint density at radius 3 is 3.30 bits per heavy atom. The standard InChI is InChI=1S/C7H9N3/c1-2-10-4-6-3-8-9-7(6)5-10/h2-3H,1,4-5H2,(H,8,9). The van der Waals surface area contributed by atoms with Crippen molar-refractivity contribution >= 4 is 0 Å². The molecule has 0 atom stereocenters. The fourth-order valence-corrected chi connectivity index (χ4v) is 1.22. The van der Waals surface area contributed by atoms with Crippen LogP contribution in [0.15, 0.2) is 19.0 Å². The third-order valence-corrected chi connectivity index (χ3v) is 1.80. The molecule has 0 aromatic carbocycles. The van der Waals surface area contributed by atoms with Crippen LogP contribution in [0, 0.1) is 0 Å². The topological polar surface area (TPSA) is 31.9 Å². The molecule has 10 heavy (non-hydrogen) atoms. The Bertz CT molecular complexity index is 231. The number of H-pyrrole nitrogens is 1. The zero-order chi connectivity index (χ0) is 6.97. The van der Waals surface area contributed by atoms with Gasteiger partial charge in [-0.2, -0.15) is 5.10 Å². The molecule has 0 amide bonds. The van der Waals surface area contributed by atoms with E-state index in [2.05, 4.69) is 21.7 Å². The predicted octanol–water partition coefficient (Wildman–Crippen LogP) is 0.869. The molecule has 0 aliphatic carbocycles. The molecular weight excluding hydrogens is 126 g/mol. The van der Waals surface area contributed by atoms with Crippen molar-refractivity contribution in [2.75, 3.05) is 0 Å². The van der Waals surface area contributed by atoms with Crippen LogP contribution in [0.1, 0.15) is 11.3 Å². The van der Waals surface area contributed by atoms with Crippen molar-refractivity contribution in [2.45, 2.75) is 13.1 Å². The summed E-state index contributed by atoms with van der Waals surface area (Å²) in [5, 5.41) is 6.87. The van der Waals surface area contributed by atoms with Crippen LogP contribution in [0.4, 0.5) is 0 Å². The van der Waals surface area contributed by atoms with Crippen molar-refractivity contribution in [1.82, 2.24) is 15.1 Å². The Labute approximate surface area is 59.4 Å². The normalized spacial score (nSPS) is 15.4. The minimum Gasteiger partial charge on any atom is -0.368 e. The average Bonchev–Trinajstić information content (AvgIpc) is 2.42. The SMILES string of the molecule is C=CN1Cc2cn[nH]c2C1. The lowest BCUT2D eigenvalue weighted by Crippen LogP contribution is -2.06. The Hall–Kier alpha value is -1.25. The van der Waals surface area contributed by atoms with Gasteiger partial charge in [-0.15, -0.1) is 0 Å². The fraction of sp³-hybridized carbons (Fsp3) is 0.286. The summed E-state index contributed by atoms with van der Waals surface area (Å²) in [7, 11) is 0. The van der Waals surface area contributed by atoms with E-state index in [9.17, 15) is 0 Å². The summed E-state index contributed by atoms with van der Waals surface area (Å²) in [6, 6.07) is 0. The van der Waals surface area contributed by atoms with E-state index >= 15 is 0 Å². The number of fused-ring (bicyclic) bond motifs is 1. The van der Waals surface area contributed by atoms with Gasteiger partial charge in [0.2, 0.25) is 0 Å². The smallest absolute Gasteiger partial charge is 0.0597 e. The molecule has 0 radical (unpaired) electrons. The fourth-order valence-electron chi connectivity index (χ4n) is 1.22. The lowest BCUT2D eigenvalue weighted by Gasteiger charge is -2.08. The van der Waals surface area contributed by atoms with E-state index in [1.807, 2.05) is 12.4 Å². The first-order valence-electron chi connectivity index (χ1n) is 3.28. The van der Waals surface area contributed by atoms with Gasteiger partial charge in [-0.3, -0.25) is 5.10 Å². The molecule has 3 nitrogen and oxygen atoms in total. The third-order valence-electron chi connectivity index (χ3n) is 1.80. The van der Waals surface area contributed by atoms with Crippen LogP contribution < -0.4 is 0 Å². The van der Waals surface area contributed by atoms with E-state index in [1.54, 1.807) is 0 Å². The van der Waals surface area contributed by atoms with Gasteiger partial charge in [0.1, 0.15) is 0 Å². The molecule has 1 aliphatic rings. The van der Waals surface area contributed by atoms with Crippen molar-refractivity contribution < 1.29 is 0 Å². The second-order valence-electron chi connectivity index (χ2n) is 2.46. The van der Waals surface area contributed by atoms with E-state index in [1.165, 1.54) is 11.3 Å². The lowest BCUT2D eigenvalue weighted by atomic mass is 10.3. The summed E-state index contributed by atoms with van der Waals surface area (Å²) in [6.07, 6.45) is 3.73. The molecule has 1 N–H and O–H groups in total. The lowest BCUT2D eigenvalue weighted by molar-refractivity contribution is 0.395. The quantitative estimate of drug-likeness (QED) is 0.619. The molecule has 0 saturated heterocycles. The molecule has 1 aromatic rings. The highest BCUT2D eigenvalue weighted by Crippen LogP contribution is 2.18. The Balaban J connectivity index is 2.28. The summed E-state index contributed by atoms with van der Waals surface area (Å²) < 4.78 is 0. The number of hydrogen-bond donors (Lipinski definition) is 1. The molecule has 0 unspecified atom stereocenters. The van der Waals surface area contributed by atoms with E-state index in [4.69, 9.17) is 0 Å². The summed E-state index contributed by atoms with van der Waals surface area (Å²) in [5.41, 5.74) is 2.51. The summed E-state index contributed by atoms with van der Waals surface area (Å²) in [4.78, 5) is 2.14. The van der Waals surface area contributed by atoms with Crippen LogP contribution in [0.3, 0.4) is 0 Å². The van der Waals surface area contributed by atoms with Crippen LogP contribution >= 0.6 is 0 Å². The van der Waals surface area contributed by atoms with Crippen LogP contribution in [0.5, 0.6) is 0 Å². The Kier molecular flexibility index (Phi) is 1.03. The molecule has 2 heterocycles. The number of aromatic nitrogens is 2. The third kappa shape index (κ3) is 0.635. The number of aromatic amines is 1. The number of rotatable bonds is 1. The monoisotopic (exact) mass is 135 g/mol. The molecule has 3 heteroatoms. The maximum Gasteiger partial charge on any atom is 0.0597 e. The van der Waals surface area contributed by atoms with E-state index in [-0.39, 0.29) is 0 Å². The molecule has 2 rings (SSSR count). The van der Waals surface area contributed by atoms with E-state index in [0.717, 1.165) is 13.1 Å². The molecule has 0 fully saturated rings. The van der Waals surface area contributed by atoms with Crippen molar-refractivity contribution in [3.8, 4) is 0 Å². The maximum atomic E-state index is 3.93. The molecule has 0 spiro atoms. The summed E-state index contributed by atoms with van der Waals surface area (Å²) in [6.45, 7) is 5.58. The molecule has 52 valence electrons. The molecule has 0 saturated carbocycles. The van der Waals surface area contributed by atoms with Gasteiger partial charge in [0, 0.05) is 12.1 Å². The van der Waals surface area contributed by atoms with Gasteiger partial charge in [0.05, 0.1) is 18.4 Å². The minimum atomic E-state index is 0.929. The van der Waals surface area contributed by atoms with Crippen molar-refractivity contribution in [3.05, 3.63) is 30.2 Å².